The lowest BCUT2D eigenvalue weighted by molar-refractivity contribution is -0.0151. The highest BCUT2D eigenvalue weighted by Crippen LogP contribution is 2.06. The first kappa shape index (κ1) is 11.0. The molecule has 0 aromatic heterocycles. The quantitative estimate of drug-likeness (QED) is 0.724. The molecule has 0 spiro atoms. The highest BCUT2D eigenvalue weighted by atomic mass is 16.5. The predicted octanol–water partition coefficient (Wildman–Crippen LogP) is 2.14. The van der Waals surface area contributed by atoms with E-state index in [1.54, 1.807) is 0 Å². The summed E-state index contributed by atoms with van der Waals surface area (Å²) in [5.74, 6) is 0. The normalized spacial score (nSPS) is 14.7. The van der Waals surface area contributed by atoms with Crippen LogP contribution in [0.15, 0.2) is 43.0 Å². The fourth-order valence-corrected chi connectivity index (χ4v) is 1.09. The fourth-order valence-electron chi connectivity index (χ4n) is 1.09. The highest BCUT2D eigenvalue weighted by Gasteiger charge is 2.10. The minimum absolute atomic E-state index is 0.215. The van der Waals surface area contributed by atoms with Crippen LogP contribution in [0.2, 0.25) is 0 Å². The molecule has 1 rings (SSSR count). The maximum absolute atomic E-state index is 9.36. The third-order valence-electron chi connectivity index (χ3n) is 2.08. The Balaban J connectivity index is 2.37. The molecule has 0 unspecified atom stereocenters. The number of hydrogen-bond acceptors (Lipinski definition) is 2. The van der Waals surface area contributed by atoms with Gasteiger partial charge in [-0.05, 0) is 12.5 Å². The van der Waals surface area contributed by atoms with Crippen molar-refractivity contribution in [2.24, 2.45) is 0 Å². The molecular weight excluding hydrogens is 176 g/mol. The van der Waals surface area contributed by atoms with Crippen molar-refractivity contribution in [2.45, 2.75) is 25.7 Å². The largest absolute Gasteiger partial charge is 0.386 e. The number of benzene rings is 1. The van der Waals surface area contributed by atoms with Crippen molar-refractivity contribution >= 4 is 0 Å². The van der Waals surface area contributed by atoms with Crippen LogP contribution in [-0.2, 0) is 11.3 Å². The van der Waals surface area contributed by atoms with E-state index in [1.807, 2.05) is 37.3 Å². The highest BCUT2D eigenvalue weighted by molar-refractivity contribution is 5.13. The van der Waals surface area contributed by atoms with Crippen LogP contribution in [0.5, 0.6) is 0 Å². The van der Waals surface area contributed by atoms with Gasteiger partial charge in [0.2, 0.25) is 0 Å². The zero-order valence-electron chi connectivity index (χ0n) is 8.39. The Morgan fingerprint density at radius 2 is 2.07 bits per heavy atom. The molecule has 0 aliphatic carbocycles. The fraction of sp³-hybridized carbons (Fsp3) is 0.333. The van der Waals surface area contributed by atoms with E-state index in [0.717, 1.165) is 5.56 Å². The van der Waals surface area contributed by atoms with E-state index < -0.39 is 6.10 Å². The lowest BCUT2D eigenvalue weighted by Crippen LogP contribution is -2.23. The van der Waals surface area contributed by atoms with E-state index in [-0.39, 0.29) is 6.10 Å². The molecule has 0 radical (unpaired) electrons. The van der Waals surface area contributed by atoms with Crippen molar-refractivity contribution in [2.75, 3.05) is 0 Å². The van der Waals surface area contributed by atoms with Crippen LogP contribution in [0, 0.1) is 0 Å². The van der Waals surface area contributed by atoms with E-state index in [9.17, 15) is 5.11 Å². The first-order chi connectivity index (χ1) is 6.74. The van der Waals surface area contributed by atoms with Gasteiger partial charge in [-0.15, -0.1) is 6.58 Å². The number of rotatable bonds is 5. The van der Waals surface area contributed by atoms with Crippen molar-refractivity contribution < 1.29 is 9.84 Å². The number of aliphatic hydroxyl groups is 1. The van der Waals surface area contributed by atoms with E-state index >= 15 is 0 Å². The van der Waals surface area contributed by atoms with Gasteiger partial charge in [-0.2, -0.15) is 0 Å². The average molecular weight is 192 g/mol. The maximum Gasteiger partial charge on any atom is 0.0977 e. The summed E-state index contributed by atoms with van der Waals surface area (Å²) in [4.78, 5) is 0. The topological polar surface area (TPSA) is 29.5 Å². The van der Waals surface area contributed by atoms with E-state index in [0.29, 0.717) is 6.61 Å². The van der Waals surface area contributed by atoms with Crippen LogP contribution >= 0.6 is 0 Å². The monoisotopic (exact) mass is 192 g/mol. The number of aliphatic hydroxyl groups excluding tert-OH is 1. The molecule has 0 heterocycles. The molecule has 14 heavy (non-hydrogen) atoms. The standard InChI is InChI=1S/C12H16O2/c1-3-12(13)10(2)14-9-11-7-5-4-6-8-11/h3-8,10,12-13H,1,9H2,2H3/t10-,12+/m0/s1. The summed E-state index contributed by atoms with van der Waals surface area (Å²) in [6.07, 6.45) is 0.668. The Hall–Kier alpha value is -1.12. The smallest absolute Gasteiger partial charge is 0.0977 e. The van der Waals surface area contributed by atoms with Crippen LogP contribution in [0.3, 0.4) is 0 Å². The van der Waals surface area contributed by atoms with Gasteiger partial charge in [0.25, 0.3) is 0 Å². The van der Waals surface area contributed by atoms with Gasteiger partial charge in [0.05, 0.1) is 18.8 Å². The minimum Gasteiger partial charge on any atom is -0.386 e. The molecule has 0 bridgehead atoms. The molecular formula is C12H16O2. The second kappa shape index (κ2) is 5.58. The van der Waals surface area contributed by atoms with E-state index in [1.165, 1.54) is 6.08 Å². The van der Waals surface area contributed by atoms with Gasteiger partial charge in [-0.3, -0.25) is 0 Å². The molecule has 2 nitrogen and oxygen atoms in total. The van der Waals surface area contributed by atoms with E-state index in [4.69, 9.17) is 4.74 Å². The summed E-state index contributed by atoms with van der Waals surface area (Å²) in [6, 6.07) is 9.88. The van der Waals surface area contributed by atoms with Crippen LogP contribution in [0.4, 0.5) is 0 Å². The first-order valence-electron chi connectivity index (χ1n) is 4.70. The lowest BCUT2D eigenvalue weighted by atomic mass is 10.2. The van der Waals surface area contributed by atoms with Crippen LogP contribution < -0.4 is 0 Å². The SMILES string of the molecule is C=C[C@@H](O)[C@H](C)OCc1ccccc1. The van der Waals surface area contributed by atoms with Crippen LogP contribution in [-0.4, -0.2) is 17.3 Å². The molecule has 0 fully saturated rings. The van der Waals surface area contributed by atoms with Crippen LogP contribution in [0.1, 0.15) is 12.5 Å². The number of ether oxygens (including phenoxy) is 1. The molecule has 2 atom stereocenters. The summed E-state index contributed by atoms with van der Waals surface area (Å²) in [5.41, 5.74) is 1.11. The van der Waals surface area contributed by atoms with Crippen LogP contribution in [0.25, 0.3) is 0 Å². The summed E-state index contributed by atoms with van der Waals surface area (Å²) in [5, 5.41) is 9.36. The Bertz CT molecular complexity index is 269. The van der Waals surface area contributed by atoms with Crippen molar-refractivity contribution in [3.63, 3.8) is 0 Å². The van der Waals surface area contributed by atoms with Gasteiger partial charge >= 0.3 is 0 Å². The second-order valence-electron chi connectivity index (χ2n) is 3.23. The van der Waals surface area contributed by atoms with E-state index in [2.05, 4.69) is 6.58 Å². The molecule has 0 aliphatic rings. The van der Waals surface area contributed by atoms with Crippen molar-refractivity contribution in [3.05, 3.63) is 48.6 Å². The zero-order valence-corrected chi connectivity index (χ0v) is 8.39. The molecule has 76 valence electrons. The van der Waals surface area contributed by atoms with Gasteiger partial charge in [0.1, 0.15) is 0 Å². The van der Waals surface area contributed by atoms with Crippen molar-refractivity contribution in [3.8, 4) is 0 Å². The Morgan fingerprint density at radius 3 is 2.64 bits per heavy atom. The number of hydrogen-bond donors (Lipinski definition) is 1. The average Bonchev–Trinajstić information content (AvgIpc) is 2.26. The zero-order chi connectivity index (χ0) is 10.4. The summed E-state index contributed by atoms with van der Waals surface area (Å²) >= 11 is 0. The first-order valence-corrected chi connectivity index (χ1v) is 4.70. The second-order valence-corrected chi connectivity index (χ2v) is 3.23. The van der Waals surface area contributed by atoms with Crippen molar-refractivity contribution in [1.29, 1.82) is 0 Å². The lowest BCUT2D eigenvalue weighted by Gasteiger charge is -2.16. The Morgan fingerprint density at radius 1 is 1.43 bits per heavy atom. The third kappa shape index (κ3) is 3.32. The van der Waals surface area contributed by atoms with Gasteiger partial charge in [0, 0.05) is 0 Å². The molecule has 0 saturated carbocycles. The third-order valence-corrected chi connectivity index (χ3v) is 2.08. The Kier molecular flexibility index (Phi) is 4.36. The molecule has 0 saturated heterocycles. The predicted molar refractivity (Wildman–Crippen MR) is 56.9 cm³/mol. The molecule has 1 N–H and O–H groups in total. The molecule has 0 aliphatic heterocycles. The molecule has 1 aromatic rings. The summed E-state index contributed by atoms with van der Waals surface area (Å²) in [6.45, 7) is 5.86. The van der Waals surface area contributed by atoms with Crippen molar-refractivity contribution in [1.82, 2.24) is 0 Å². The molecule has 1 aromatic carbocycles. The summed E-state index contributed by atoms with van der Waals surface area (Å²) in [7, 11) is 0. The maximum atomic E-state index is 9.36. The molecule has 2 heteroatoms. The minimum atomic E-state index is -0.598. The van der Waals surface area contributed by atoms with Gasteiger partial charge in [-0.1, -0.05) is 36.4 Å². The van der Waals surface area contributed by atoms with Gasteiger partial charge in [0.15, 0.2) is 0 Å². The Labute approximate surface area is 84.8 Å². The van der Waals surface area contributed by atoms with Gasteiger partial charge in [-0.25, -0.2) is 0 Å². The van der Waals surface area contributed by atoms with Gasteiger partial charge < -0.3 is 9.84 Å². The molecule has 0 amide bonds. The summed E-state index contributed by atoms with van der Waals surface area (Å²) < 4.78 is 5.46.